The number of fused-ring (bicyclic) bond motifs is 1. The number of nitrogens with one attached hydrogen (secondary N) is 1. The maximum atomic E-state index is 13.2. The predicted octanol–water partition coefficient (Wildman–Crippen LogP) is 3.61. The molecule has 0 saturated heterocycles. The quantitative estimate of drug-likeness (QED) is 0.929. The average Bonchev–Trinajstić information content (AvgIpc) is 3.12. The van der Waals surface area contributed by atoms with Gasteiger partial charge in [0, 0.05) is 6.20 Å². The monoisotopic (exact) mass is 338 g/mol. The molecule has 1 N–H and O–H groups in total. The van der Waals surface area contributed by atoms with E-state index in [0.717, 1.165) is 48.3 Å². The zero-order valence-electron chi connectivity index (χ0n) is 14.4. The zero-order valence-corrected chi connectivity index (χ0v) is 14.4. The molecule has 1 fully saturated rings. The molecule has 1 aromatic carbocycles. The summed E-state index contributed by atoms with van der Waals surface area (Å²) in [5, 5.41) is 3.02. The van der Waals surface area contributed by atoms with E-state index in [1.807, 2.05) is 37.3 Å². The highest BCUT2D eigenvalue weighted by atomic mass is 16.6. The molecule has 0 bridgehead atoms. The number of ether oxygens (including phenoxy) is 2. The highest BCUT2D eigenvalue weighted by Crippen LogP contribution is 2.44. The van der Waals surface area contributed by atoms with Crippen LogP contribution in [0.25, 0.3) is 0 Å². The van der Waals surface area contributed by atoms with Crippen LogP contribution in [0, 0.1) is 6.92 Å². The van der Waals surface area contributed by atoms with Gasteiger partial charge in [-0.3, -0.25) is 4.79 Å². The Balaban J connectivity index is 1.66. The molecule has 2 heterocycles. The molecule has 0 radical (unpaired) electrons. The molecule has 25 heavy (non-hydrogen) atoms. The molecule has 0 spiro atoms. The number of rotatable bonds is 3. The summed E-state index contributed by atoms with van der Waals surface area (Å²) >= 11 is 0. The van der Waals surface area contributed by atoms with Gasteiger partial charge in [-0.05, 0) is 55.2 Å². The van der Waals surface area contributed by atoms with Crippen molar-refractivity contribution in [1.29, 1.82) is 0 Å². The van der Waals surface area contributed by atoms with Crippen molar-refractivity contribution in [3.8, 4) is 11.5 Å². The normalized spacial score (nSPS) is 18.0. The number of pyridine rings is 1. The van der Waals surface area contributed by atoms with Crippen LogP contribution in [0.3, 0.4) is 0 Å². The van der Waals surface area contributed by atoms with E-state index in [1.54, 1.807) is 6.20 Å². The van der Waals surface area contributed by atoms with E-state index in [2.05, 4.69) is 10.3 Å². The van der Waals surface area contributed by atoms with Gasteiger partial charge < -0.3 is 14.8 Å². The molecule has 1 saturated carbocycles. The Morgan fingerprint density at radius 1 is 1.08 bits per heavy atom. The average molecular weight is 338 g/mol. The van der Waals surface area contributed by atoms with Crippen LogP contribution in [-0.2, 0) is 10.2 Å². The topological polar surface area (TPSA) is 60.5 Å². The number of benzene rings is 1. The first kappa shape index (κ1) is 15.9. The minimum absolute atomic E-state index is 0.0137. The van der Waals surface area contributed by atoms with Crippen LogP contribution in [0.2, 0.25) is 0 Å². The molecule has 130 valence electrons. The maximum Gasteiger partial charge on any atom is 0.236 e. The first-order valence-corrected chi connectivity index (χ1v) is 8.82. The summed E-state index contributed by atoms with van der Waals surface area (Å²) < 4.78 is 11.3. The minimum Gasteiger partial charge on any atom is -0.486 e. The molecule has 1 aliphatic heterocycles. The van der Waals surface area contributed by atoms with Crippen LogP contribution < -0.4 is 14.8 Å². The van der Waals surface area contributed by atoms with Gasteiger partial charge in [-0.25, -0.2) is 4.98 Å². The third kappa shape index (κ3) is 2.95. The third-order valence-electron chi connectivity index (χ3n) is 5.14. The number of hydrogen-bond acceptors (Lipinski definition) is 4. The second kappa shape index (κ2) is 6.39. The predicted molar refractivity (Wildman–Crippen MR) is 95.2 cm³/mol. The molecule has 1 amide bonds. The van der Waals surface area contributed by atoms with Crippen molar-refractivity contribution in [1.82, 2.24) is 4.98 Å². The molecule has 4 rings (SSSR count). The van der Waals surface area contributed by atoms with Crippen molar-refractivity contribution in [3.63, 3.8) is 0 Å². The molecule has 2 aliphatic rings. The Hall–Kier alpha value is -2.56. The summed E-state index contributed by atoms with van der Waals surface area (Å²) in [6.45, 7) is 3.10. The summed E-state index contributed by atoms with van der Waals surface area (Å²) in [6.07, 6.45) is 5.48. The molecule has 5 nitrogen and oxygen atoms in total. The number of amides is 1. The molecule has 5 heteroatoms. The lowest BCUT2D eigenvalue weighted by molar-refractivity contribution is -0.121. The summed E-state index contributed by atoms with van der Waals surface area (Å²) in [4.78, 5) is 17.5. The Morgan fingerprint density at radius 2 is 1.84 bits per heavy atom. The number of anilines is 1. The van der Waals surface area contributed by atoms with E-state index >= 15 is 0 Å². The van der Waals surface area contributed by atoms with E-state index in [0.29, 0.717) is 19.0 Å². The van der Waals surface area contributed by atoms with Crippen LogP contribution in [0.4, 0.5) is 5.82 Å². The molecule has 0 unspecified atom stereocenters. The van der Waals surface area contributed by atoms with Crippen LogP contribution in [0.5, 0.6) is 11.5 Å². The van der Waals surface area contributed by atoms with Crippen molar-refractivity contribution in [2.24, 2.45) is 0 Å². The Kier molecular flexibility index (Phi) is 4.07. The fraction of sp³-hybridized carbons (Fsp3) is 0.400. The van der Waals surface area contributed by atoms with Gasteiger partial charge in [-0.2, -0.15) is 0 Å². The second-order valence-corrected chi connectivity index (χ2v) is 6.82. The SMILES string of the molecule is Cc1ccnc(NC(=O)C2(c3ccc4c(c3)OCCO4)CCCC2)c1. The lowest BCUT2D eigenvalue weighted by Gasteiger charge is -2.29. The Labute approximate surface area is 147 Å². The highest BCUT2D eigenvalue weighted by molar-refractivity contribution is 5.99. The smallest absolute Gasteiger partial charge is 0.236 e. The van der Waals surface area contributed by atoms with Crippen LogP contribution in [0.1, 0.15) is 36.8 Å². The summed E-state index contributed by atoms with van der Waals surface area (Å²) in [5.41, 5.74) is 1.55. The fourth-order valence-electron chi connectivity index (χ4n) is 3.81. The van der Waals surface area contributed by atoms with Crippen molar-refractivity contribution >= 4 is 11.7 Å². The molecule has 2 aromatic rings. The number of aromatic nitrogens is 1. The van der Waals surface area contributed by atoms with Gasteiger partial charge in [-0.15, -0.1) is 0 Å². The molecule has 0 atom stereocenters. The third-order valence-corrected chi connectivity index (χ3v) is 5.14. The van der Waals surface area contributed by atoms with E-state index in [-0.39, 0.29) is 5.91 Å². The molecular formula is C20H22N2O3. The lowest BCUT2D eigenvalue weighted by Crippen LogP contribution is -2.38. The number of carbonyl (C=O) groups is 1. The number of hydrogen-bond donors (Lipinski definition) is 1. The van der Waals surface area contributed by atoms with Gasteiger partial charge in [0.1, 0.15) is 19.0 Å². The zero-order chi connectivity index (χ0) is 17.3. The number of carbonyl (C=O) groups excluding carboxylic acids is 1. The highest BCUT2D eigenvalue weighted by Gasteiger charge is 2.43. The number of nitrogens with zero attached hydrogens (tertiary/aromatic N) is 1. The largest absolute Gasteiger partial charge is 0.486 e. The Bertz CT molecular complexity index is 797. The lowest BCUT2D eigenvalue weighted by atomic mass is 9.77. The van der Waals surface area contributed by atoms with Crippen molar-refractivity contribution in [2.75, 3.05) is 18.5 Å². The first-order valence-electron chi connectivity index (χ1n) is 8.82. The second-order valence-electron chi connectivity index (χ2n) is 6.82. The van der Waals surface area contributed by atoms with Crippen molar-refractivity contribution in [3.05, 3.63) is 47.7 Å². The first-order chi connectivity index (χ1) is 12.2. The van der Waals surface area contributed by atoms with Crippen LogP contribution >= 0.6 is 0 Å². The van der Waals surface area contributed by atoms with Gasteiger partial charge in [-0.1, -0.05) is 18.9 Å². The minimum atomic E-state index is -0.527. The fourth-order valence-corrected chi connectivity index (χ4v) is 3.81. The van der Waals surface area contributed by atoms with Gasteiger partial charge in [0.25, 0.3) is 0 Å². The molecule has 1 aromatic heterocycles. The van der Waals surface area contributed by atoms with E-state index in [1.165, 1.54) is 0 Å². The van der Waals surface area contributed by atoms with Crippen LogP contribution in [-0.4, -0.2) is 24.1 Å². The standard InChI is InChI=1S/C20H22N2O3/c1-14-6-9-21-18(12-14)22-19(23)20(7-2-3-8-20)15-4-5-16-17(13-15)25-11-10-24-16/h4-6,9,12-13H,2-3,7-8,10-11H2,1H3,(H,21,22,23). The van der Waals surface area contributed by atoms with Gasteiger partial charge in [0.05, 0.1) is 5.41 Å². The van der Waals surface area contributed by atoms with Crippen LogP contribution in [0.15, 0.2) is 36.5 Å². The van der Waals surface area contributed by atoms with Crippen molar-refractivity contribution in [2.45, 2.75) is 38.0 Å². The van der Waals surface area contributed by atoms with E-state index in [4.69, 9.17) is 9.47 Å². The van der Waals surface area contributed by atoms with Crippen molar-refractivity contribution < 1.29 is 14.3 Å². The summed E-state index contributed by atoms with van der Waals surface area (Å²) in [5.74, 6) is 2.11. The Morgan fingerprint density at radius 3 is 2.60 bits per heavy atom. The van der Waals surface area contributed by atoms with Gasteiger partial charge >= 0.3 is 0 Å². The van der Waals surface area contributed by atoms with Gasteiger partial charge in [0.15, 0.2) is 11.5 Å². The van der Waals surface area contributed by atoms with E-state index < -0.39 is 5.41 Å². The maximum absolute atomic E-state index is 13.2. The van der Waals surface area contributed by atoms with Gasteiger partial charge in [0.2, 0.25) is 5.91 Å². The van der Waals surface area contributed by atoms with E-state index in [9.17, 15) is 4.79 Å². The summed E-state index contributed by atoms with van der Waals surface area (Å²) in [7, 11) is 0. The molecule has 1 aliphatic carbocycles. The molecular weight excluding hydrogens is 316 g/mol. The summed E-state index contributed by atoms with van der Waals surface area (Å²) in [6, 6.07) is 9.71. The number of aryl methyl sites for hydroxylation is 1.